The van der Waals surface area contributed by atoms with Crippen molar-refractivity contribution in [3.05, 3.63) is 87.2 Å². The monoisotopic (exact) mass is 379 g/mol. The van der Waals surface area contributed by atoms with Crippen LogP contribution in [-0.2, 0) is 17.9 Å². The largest absolute Gasteiger partial charge is 0.352 e. The molecule has 1 N–H and O–H groups in total. The van der Waals surface area contributed by atoms with E-state index >= 15 is 0 Å². The second-order valence-corrected chi connectivity index (χ2v) is 7.20. The third kappa shape index (κ3) is 5.24. The molecule has 0 saturated carbocycles. The third-order valence-electron chi connectivity index (χ3n) is 4.07. The van der Waals surface area contributed by atoms with E-state index in [1.807, 2.05) is 28.3 Å². The molecular weight excluding hydrogens is 358 g/mol. The lowest BCUT2D eigenvalue weighted by Gasteiger charge is -2.04. The molecule has 138 valence electrons. The van der Waals surface area contributed by atoms with Crippen LogP contribution in [0.5, 0.6) is 0 Å². The van der Waals surface area contributed by atoms with Crippen molar-refractivity contribution in [2.24, 2.45) is 4.99 Å². The number of aryl methyl sites for hydroxylation is 1. The minimum atomic E-state index is -0.277. The Labute approximate surface area is 162 Å². The summed E-state index contributed by atoms with van der Waals surface area (Å²) in [5, 5.41) is 4.66. The lowest BCUT2D eigenvalue weighted by Crippen LogP contribution is -2.19. The SMILES string of the molecule is CC(=O)NCc1ccc(C(=O)N=c2sccn2Cc2ccc(C)cc2)cc1. The smallest absolute Gasteiger partial charge is 0.279 e. The summed E-state index contributed by atoms with van der Waals surface area (Å²) in [6, 6.07) is 15.4. The van der Waals surface area contributed by atoms with Gasteiger partial charge in [-0.1, -0.05) is 42.0 Å². The van der Waals surface area contributed by atoms with Gasteiger partial charge in [0.2, 0.25) is 5.91 Å². The van der Waals surface area contributed by atoms with E-state index in [0.29, 0.717) is 23.5 Å². The van der Waals surface area contributed by atoms with E-state index in [-0.39, 0.29) is 11.8 Å². The van der Waals surface area contributed by atoms with Crippen molar-refractivity contribution in [3.63, 3.8) is 0 Å². The highest BCUT2D eigenvalue weighted by Crippen LogP contribution is 2.07. The van der Waals surface area contributed by atoms with Gasteiger partial charge in [-0.25, -0.2) is 0 Å². The number of hydrogen-bond acceptors (Lipinski definition) is 3. The van der Waals surface area contributed by atoms with Crippen LogP contribution in [0.2, 0.25) is 0 Å². The fourth-order valence-electron chi connectivity index (χ4n) is 2.54. The fraction of sp³-hybridized carbons (Fsp3) is 0.190. The van der Waals surface area contributed by atoms with Crippen LogP contribution in [-0.4, -0.2) is 16.4 Å². The highest BCUT2D eigenvalue weighted by atomic mass is 32.1. The van der Waals surface area contributed by atoms with Gasteiger partial charge in [-0.3, -0.25) is 9.59 Å². The molecule has 0 atom stereocenters. The van der Waals surface area contributed by atoms with Gasteiger partial charge in [-0.05, 0) is 30.2 Å². The number of amides is 2. The number of rotatable bonds is 5. The molecule has 0 spiro atoms. The Morgan fingerprint density at radius 1 is 1.04 bits per heavy atom. The Hall–Kier alpha value is -2.99. The van der Waals surface area contributed by atoms with Crippen molar-refractivity contribution in [2.45, 2.75) is 26.9 Å². The summed E-state index contributed by atoms with van der Waals surface area (Å²) < 4.78 is 1.97. The van der Waals surface area contributed by atoms with Crippen molar-refractivity contribution in [1.29, 1.82) is 0 Å². The van der Waals surface area contributed by atoms with Crippen LogP contribution in [0.1, 0.15) is 34.0 Å². The minimum absolute atomic E-state index is 0.0824. The van der Waals surface area contributed by atoms with E-state index in [1.165, 1.54) is 23.8 Å². The molecule has 1 aromatic heterocycles. The van der Waals surface area contributed by atoms with Gasteiger partial charge in [-0.15, -0.1) is 11.3 Å². The molecule has 0 unspecified atom stereocenters. The van der Waals surface area contributed by atoms with Crippen molar-refractivity contribution in [1.82, 2.24) is 9.88 Å². The highest BCUT2D eigenvalue weighted by Gasteiger charge is 2.06. The Morgan fingerprint density at radius 2 is 1.70 bits per heavy atom. The Kier molecular flexibility index (Phi) is 5.98. The predicted octanol–water partition coefficient (Wildman–Crippen LogP) is 3.28. The Bertz CT molecular complexity index is 999. The summed E-state index contributed by atoms with van der Waals surface area (Å²) >= 11 is 1.44. The average molecular weight is 379 g/mol. The average Bonchev–Trinajstić information content (AvgIpc) is 3.09. The summed E-state index contributed by atoms with van der Waals surface area (Å²) in [6.07, 6.45) is 1.94. The molecule has 6 heteroatoms. The van der Waals surface area contributed by atoms with Crippen LogP contribution in [0, 0.1) is 6.92 Å². The number of carbonyl (C=O) groups excluding carboxylic acids is 2. The van der Waals surface area contributed by atoms with Gasteiger partial charge in [0.05, 0.1) is 0 Å². The number of thiazole rings is 1. The quantitative estimate of drug-likeness (QED) is 0.739. The van der Waals surface area contributed by atoms with Gasteiger partial charge in [-0.2, -0.15) is 4.99 Å². The van der Waals surface area contributed by atoms with Gasteiger partial charge in [0, 0.05) is 37.2 Å². The van der Waals surface area contributed by atoms with Crippen LogP contribution in [0.25, 0.3) is 0 Å². The first-order valence-electron chi connectivity index (χ1n) is 8.63. The molecule has 0 aliphatic rings. The van der Waals surface area contributed by atoms with Gasteiger partial charge in [0.15, 0.2) is 4.80 Å². The summed E-state index contributed by atoms with van der Waals surface area (Å²) in [4.78, 5) is 28.4. The van der Waals surface area contributed by atoms with Crippen LogP contribution in [0.3, 0.4) is 0 Å². The topological polar surface area (TPSA) is 63.5 Å². The maximum Gasteiger partial charge on any atom is 0.279 e. The number of aromatic nitrogens is 1. The van der Waals surface area contributed by atoms with Gasteiger partial charge in [0.1, 0.15) is 0 Å². The van der Waals surface area contributed by atoms with Gasteiger partial charge in [0.25, 0.3) is 5.91 Å². The molecule has 0 saturated heterocycles. The minimum Gasteiger partial charge on any atom is -0.352 e. The third-order valence-corrected chi connectivity index (χ3v) is 4.87. The first kappa shape index (κ1) is 18.8. The Morgan fingerprint density at radius 3 is 2.37 bits per heavy atom. The van der Waals surface area contributed by atoms with E-state index in [0.717, 1.165) is 11.1 Å². The van der Waals surface area contributed by atoms with E-state index in [1.54, 1.807) is 12.1 Å². The summed E-state index contributed by atoms with van der Waals surface area (Å²) in [7, 11) is 0. The lowest BCUT2D eigenvalue weighted by atomic mass is 10.1. The molecule has 3 rings (SSSR count). The molecule has 2 aromatic carbocycles. The van der Waals surface area contributed by atoms with Gasteiger partial charge < -0.3 is 9.88 Å². The normalized spacial score (nSPS) is 11.4. The fourth-order valence-corrected chi connectivity index (χ4v) is 3.27. The number of carbonyl (C=O) groups is 2. The summed E-state index contributed by atoms with van der Waals surface area (Å²) in [5.41, 5.74) is 3.84. The second-order valence-electron chi connectivity index (χ2n) is 6.32. The molecule has 2 amide bonds. The molecule has 1 heterocycles. The highest BCUT2D eigenvalue weighted by molar-refractivity contribution is 7.07. The van der Waals surface area contributed by atoms with Crippen molar-refractivity contribution in [3.8, 4) is 0 Å². The molecule has 3 aromatic rings. The van der Waals surface area contributed by atoms with Crippen LogP contribution in [0.4, 0.5) is 0 Å². The van der Waals surface area contributed by atoms with E-state index in [2.05, 4.69) is 41.5 Å². The second kappa shape index (κ2) is 8.60. The lowest BCUT2D eigenvalue weighted by molar-refractivity contribution is -0.119. The van der Waals surface area contributed by atoms with Crippen molar-refractivity contribution >= 4 is 23.2 Å². The first-order chi connectivity index (χ1) is 13.0. The van der Waals surface area contributed by atoms with E-state index < -0.39 is 0 Å². The van der Waals surface area contributed by atoms with E-state index in [4.69, 9.17) is 0 Å². The number of nitrogens with one attached hydrogen (secondary N) is 1. The molecule has 0 bridgehead atoms. The Balaban J connectivity index is 1.75. The van der Waals surface area contributed by atoms with Crippen LogP contribution < -0.4 is 10.1 Å². The zero-order valence-corrected chi connectivity index (χ0v) is 16.1. The molecular formula is C21H21N3O2S. The van der Waals surface area contributed by atoms with Crippen molar-refractivity contribution < 1.29 is 9.59 Å². The molecule has 0 radical (unpaired) electrons. The summed E-state index contributed by atoms with van der Waals surface area (Å²) in [6.45, 7) is 4.65. The standard InChI is InChI=1S/C21H21N3O2S/c1-15-3-5-18(6-4-15)14-24-11-12-27-21(24)23-20(26)19-9-7-17(8-10-19)13-22-16(2)25/h3-12H,13-14H2,1-2H3,(H,22,25). The zero-order valence-electron chi connectivity index (χ0n) is 15.3. The van der Waals surface area contributed by atoms with Crippen LogP contribution >= 0.6 is 11.3 Å². The van der Waals surface area contributed by atoms with Crippen molar-refractivity contribution in [2.75, 3.05) is 0 Å². The number of nitrogens with zero attached hydrogens (tertiary/aromatic N) is 2. The zero-order chi connectivity index (χ0) is 19.2. The number of hydrogen-bond donors (Lipinski definition) is 1. The first-order valence-corrected chi connectivity index (χ1v) is 9.51. The summed E-state index contributed by atoms with van der Waals surface area (Å²) in [5.74, 6) is -0.359. The molecule has 0 fully saturated rings. The molecule has 0 aliphatic carbocycles. The molecule has 0 aliphatic heterocycles. The predicted molar refractivity (Wildman–Crippen MR) is 106 cm³/mol. The molecule has 5 nitrogen and oxygen atoms in total. The van der Waals surface area contributed by atoms with Gasteiger partial charge >= 0.3 is 0 Å². The maximum atomic E-state index is 12.5. The van der Waals surface area contributed by atoms with E-state index in [9.17, 15) is 9.59 Å². The number of benzene rings is 2. The molecule has 27 heavy (non-hydrogen) atoms. The maximum absolute atomic E-state index is 12.5. The van der Waals surface area contributed by atoms with Crippen LogP contribution in [0.15, 0.2) is 65.1 Å².